The number of benzene rings is 1. The van der Waals surface area contributed by atoms with Crippen molar-refractivity contribution in [2.24, 2.45) is 11.7 Å². The first-order chi connectivity index (χ1) is 9.60. The van der Waals surface area contributed by atoms with Gasteiger partial charge in [-0.1, -0.05) is 12.5 Å². The van der Waals surface area contributed by atoms with Crippen molar-refractivity contribution in [2.45, 2.75) is 45.6 Å². The molecule has 21 heavy (non-hydrogen) atoms. The smallest absolute Gasteiger partial charge is 0.224 e. The van der Waals surface area contributed by atoms with Crippen LogP contribution in [-0.4, -0.2) is 18.6 Å². The van der Waals surface area contributed by atoms with E-state index in [1.54, 1.807) is 0 Å². The van der Waals surface area contributed by atoms with Gasteiger partial charge in [-0.2, -0.15) is 0 Å². The molecular formula is C16H25ClN2O2. The Kier molecular flexibility index (Phi) is 6.99. The molecule has 1 amide bonds. The molecule has 0 bridgehead atoms. The van der Waals surface area contributed by atoms with Crippen LogP contribution in [0.15, 0.2) is 18.2 Å². The molecular weight excluding hydrogens is 288 g/mol. The number of hydrogen-bond donors (Lipinski definition) is 2. The van der Waals surface area contributed by atoms with Gasteiger partial charge in [0, 0.05) is 12.5 Å². The second kappa shape index (κ2) is 8.25. The lowest BCUT2D eigenvalue weighted by atomic mass is 10.00. The second-order valence-electron chi connectivity index (χ2n) is 5.54. The molecule has 1 aliphatic rings. The van der Waals surface area contributed by atoms with Gasteiger partial charge in [0.15, 0.2) is 0 Å². The summed E-state index contributed by atoms with van der Waals surface area (Å²) in [6.45, 7) is 4.52. The van der Waals surface area contributed by atoms with Gasteiger partial charge in [-0.05, 0) is 50.3 Å². The van der Waals surface area contributed by atoms with E-state index in [0.717, 1.165) is 36.3 Å². The van der Waals surface area contributed by atoms with Crippen molar-refractivity contribution in [3.05, 3.63) is 23.8 Å². The average molecular weight is 313 g/mol. The van der Waals surface area contributed by atoms with Crippen LogP contribution in [-0.2, 0) is 4.79 Å². The van der Waals surface area contributed by atoms with E-state index in [2.05, 4.69) is 5.32 Å². The maximum atomic E-state index is 12.1. The molecule has 118 valence electrons. The van der Waals surface area contributed by atoms with Crippen LogP contribution >= 0.6 is 12.4 Å². The number of carbonyl (C=O) groups excluding carboxylic acids is 1. The van der Waals surface area contributed by atoms with E-state index in [1.807, 2.05) is 32.0 Å². The number of rotatable bonds is 5. The molecule has 0 aromatic heterocycles. The minimum absolute atomic E-state index is 0. The van der Waals surface area contributed by atoms with Crippen LogP contribution in [0.1, 0.15) is 38.2 Å². The van der Waals surface area contributed by atoms with Crippen molar-refractivity contribution >= 4 is 24.0 Å². The standard InChI is InChI=1S/C16H24N2O2.ClH/c1-3-20-15-9-11(2)7-8-14(15)18-16(19)10-12-5-4-6-13(12)17;/h7-9,12-13H,3-6,10,17H2,1-2H3,(H,18,19);1H/t12-,13+;/m0./s1. The predicted molar refractivity (Wildman–Crippen MR) is 88.2 cm³/mol. The maximum Gasteiger partial charge on any atom is 0.224 e. The highest BCUT2D eigenvalue weighted by atomic mass is 35.5. The Labute approximate surface area is 132 Å². The first-order valence-electron chi connectivity index (χ1n) is 7.39. The lowest BCUT2D eigenvalue weighted by Crippen LogP contribution is -2.28. The van der Waals surface area contributed by atoms with Gasteiger partial charge >= 0.3 is 0 Å². The highest BCUT2D eigenvalue weighted by Gasteiger charge is 2.26. The highest BCUT2D eigenvalue weighted by molar-refractivity contribution is 5.92. The quantitative estimate of drug-likeness (QED) is 0.877. The van der Waals surface area contributed by atoms with Crippen molar-refractivity contribution < 1.29 is 9.53 Å². The molecule has 1 aromatic rings. The molecule has 5 heteroatoms. The van der Waals surface area contributed by atoms with Gasteiger partial charge in [0.05, 0.1) is 12.3 Å². The summed E-state index contributed by atoms with van der Waals surface area (Å²) in [5.41, 5.74) is 7.87. The van der Waals surface area contributed by atoms with Crippen LogP contribution in [0.2, 0.25) is 0 Å². The van der Waals surface area contributed by atoms with Crippen LogP contribution in [0.4, 0.5) is 5.69 Å². The Morgan fingerprint density at radius 2 is 2.19 bits per heavy atom. The van der Waals surface area contributed by atoms with Crippen LogP contribution in [0.5, 0.6) is 5.75 Å². The lowest BCUT2D eigenvalue weighted by molar-refractivity contribution is -0.117. The largest absolute Gasteiger partial charge is 0.492 e. The average Bonchev–Trinajstić information content (AvgIpc) is 2.79. The topological polar surface area (TPSA) is 64.3 Å². The number of ether oxygens (including phenoxy) is 1. The second-order valence-corrected chi connectivity index (χ2v) is 5.54. The molecule has 0 saturated heterocycles. The maximum absolute atomic E-state index is 12.1. The Morgan fingerprint density at radius 1 is 1.43 bits per heavy atom. The van der Waals surface area contributed by atoms with E-state index in [1.165, 1.54) is 0 Å². The first-order valence-corrected chi connectivity index (χ1v) is 7.39. The van der Waals surface area contributed by atoms with E-state index in [-0.39, 0.29) is 24.4 Å². The van der Waals surface area contributed by atoms with Gasteiger partial charge in [-0.3, -0.25) is 4.79 Å². The minimum atomic E-state index is 0. The SMILES string of the molecule is CCOc1cc(C)ccc1NC(=O)C[C@@H]1CCC[C@H]1N.Cl. The fourth-order valence-corrected chi connectivity index (χ4v) is 2.77. The zero-order valence-corrected chi connectivity index (χ0v) is 13.5. The van der Waals surface area contributed by atoms with Crippen molar-refractivity contribution in [1.29, 1.82) is 0 Å². The zero-order valence-electron chi connectivity index (χ0n) is 12.7. The van der Waals surface area contributed by atoms with Gasteiger partial charge in [0.2, 0.25) is 5.91 Å². The van der Waals surface area contributed by atoms with Crippen molar-refractivity contribution in [3.63, 3.8) is 0 Å². The number of aryl methyl sites for hydroxylation is 1. The van der Waals surface area contributed by atoms with Crippen LogP contribution < -0.4 is 15.8 Å². The fraction of sp³-hybridized carbons (Fsp3) is 0.562. The molecule has 0 heterocycles. The van der Waals surface area contributed by atoms with Crippen LogP contribution in [0, 0.1) is 12.8 Å². The van der Waals surface area contributed by atoms with Gasteiger partial charge in [-0.25, -0.2) is 0 Å². The third-order valence-corrected chi connectivity index (χ3v) is 3.88. The van der Waals surface area contributed by atoms with Crippen molar-refractivity contribution in [3.8, 4) is 5.75 Å². The molecule has 2 rings (SSSR count). The van der Waals surface area contributed by atoms with E-state index < -0.39 is 0 Å². The van der Waals surface area contributed by atoms with Gasteiger partial charge in [0.25, 0.3) is 0 Å². The van der Waals surface area contributed by atoms with E-state index in [4.69, 9.17) is 10.5 Å². The number of nitrogens with two attached hydrogens (primary N) is 1. The number of amides is 1. The minimum Gasteiger partial charge on any atom is -0.492 e. The van der Waals surface area contributed by atoms with Crippen LogP contribution in [0.25, 0.3) is 0 Å². The summed E-state index contributed by atoms with van der Waals surface area (Å²) in [6, 6.07) is 5.98. The third kappa shape index (κ3) is 4.90. The summed E-state index contributed by atoms with van der Waals surface area (Å²) < 4.78 is 5.57. The molecule has 3 N–H and O–H groups in total. The molecule has 0 radical (unpaired) electrons. The summed E-state index contributed by atoms with van der Waals surface area (Å²) in [5.74, 6) is 1.07. The van der Waals surface area contributed by atoms with E-state index >= 15 is 0 Å². The third-order valence-electron chi connectivity index (χ3n) is 3.88. The summed E-state index contributed by atoms with van der Waals surface area (Å²) in [4.78, 5) is 12.1. The van der Waals surface area contributed by atoms with Gasteiger partial charge in [-0.15, -0.1) is 12.4 Å². The molecule has 1 fully saturated rings. The molecule has 0 unspecified atom stereocenters. The fourth-order valence-electron chi connectivity index (χ4n) is 2.77. The number of hydrogen-bond acceptors (Lipinski definition) is 3. The Bertz CT molecular complexity index is 479. The van der Waals surface area contributed by atoms with Gasteiger partial charge < -0.3 is 15.8 Å². The highest BCUT2D eigenvalue weighted by Crippen LogP contribution is 2.29. The Morgan fingerprint density at radius 3 is 2.81 bits per heavy atom. The van der Waals surface area contributed by atoms with Gasteiger partial charge in [0.1, 0.15) is 5.75 Å². The summed E-state index contributed by atoms with van der Waals surface area (Å²) in [5, 5.41) is 2.95. The molecule has 2 atom stereocenters. The van der Waals surface area contributed by atoms with E-state index in [9.17, 15) is 4.79 Å². The van der Waals surface area contributed by atoms with Crippen LogP contribution in [0.3, 0.4) is 0 Å². The Hall–Kier alpha value is -1.26. The van der Waals surface area contributed by atoms with E-state index in [0.29, 0.717) is 18.9 Å². The number of nitrogens with one attached hydrogen (secondary N) is 1. The molecule has 1 saturated carbocycles. The first kappa shape index (κ1) is 17.8. The molecule has 1 aromatic carbocycles. The number of carbonyl (C=O) groups is 1. The predicted octanol–water partition coefficient (Wildman–Crippen LogP) is 3.27. The molecule has 1 aliphatic carbocycles. The van der Waals surface area contributed by atoms with Crippen molar-refractivity contribution in [2.75, 3.05) is 11.9 Å². The summed E-state index contributed by atoms with van der Waals surface area (Å²) in [6.07, 6.45) is 3.72. The zero-order chi connectivity index (χ0) is 14.5. The summed E-state index contributed by atoms with van der Waals surface area (Å²) >= 11 is 0. The number of anilines is 1. The van der Waals surface area contributed by atoms with Crippen molar-refractivity contribution in [1.82, 2.24) is 0 Å². The molecule has 0 aliphatic heterocycles. The Balaban J connectivity index is 0.00000220. The lowest BCUT2D eigenvalue weighted by Gasteiger charge is -2.16. The molecule has 4 nitrogen and oxygen atoms in total. The summed E-state index contributed by atoms with van der Waals surface area (Å²) in [7, 11) is 0. The monoisotopic (exact) mass is 312 g/mol. The molecule has 0 spiro atoms. The normalized spacial score (nSPS) is 20.7. The number of halogens is 1.